The molecule has 0 bridgehead atoms. The second kappa shape index (κ2) is 66.6. The van der Waals surface area contributed by atoms with Gasteiger partial charge in [-0.3, -0.25) is 14.4 Å². The molecule has 0 saturated heterocycles. The van der Waals surface area contributed by atoms with Gasteiger partial charge in [0, 0.05) is 19.3 Å². The second-order valence-electron chi connectivity index (χ2n) is 22.0. The van der Waals surface area contributed by atoms with Crippen molar-refractivity contribution < 1.29 is 28.6 Å². The summed E-state index contributed by atoms with van der Waals surface area (Å²) in [5, 5.41) is 0. The van der Waals surface area contributed by atoms with E-state index in [2.05, 4.69) is 130 Å². The Hall–Kier alpha value is -3.93. The maximum absolute atomic E-state index is 12.9. The van der Waals surface area contributed by atoms with E-state index in [1.807, 2.05) is 0 Å². The smallest absolute Gasteiger partial charge is 0.306 e. The summed E-state index contributed by atoms with van der Waals surface area (Å²) in [6.07, 6.45) is 91.0. The van der Waals surface area contributed by atoms with Crippen molar-refractivity contribution in [2.45, 2.75) is 322 Å². The third-order valence-corrected chi connectivity index (χ3v) is 14.3. The highest BCUT2D eigenvalue weighted by Gasteiger charge is 2.19. The Morgan fingerprint density at radius 2 is 0.494 bits per heavy atom. The zero-order valence-electron chi connectivity index (χ0n) is 51.9. The molecular formula is C73H124O6. The summed E-state index contributed by atoms with van der Waals surface area (Å²) in [4.78, 5) is 38.4. The van der Waals surface area contributed by atoms with E-state index in [0.717, 1.165) is 116 Å². The molecule has 6 heteroatoms. The Labute approximate surface area is 489 Å². The van der Waals surface area contributed by atoms with Crippen molar-refractivity contribution >= 4 is 17.9 Å². The number of carbonyl (C=O) groups excluding carboxylic acids is 3. The molecule has 0 fully saturated rings. The number of esters is 3. The number of unbranched alkanes of at least 4 members (excludes halogenated alkanes) is 31. The highest BCUT2D eigenvalue weighted by molar-refractivity contribution is 5.71. The molecule has 79 heavy (non-hydrogen) atoms. The summed E-state index contributed by atoms with van der Waals surface area (Å²) in [5.74, 6) is -0.935. The fourth-order valence-corrected chi connectivity index (χ4v) is 9.28. The maximum atomic E-state index is 12.9. The van der Waals surface area contributed by atoms with Crippen LogP contribution in [0.15, 0.2) is 109 Å². The van der Waals surface area contributed by atoms with Gasteiger partial charge in [-0.15, -0.1) is 0 Å². The van der Waals surface area contributed by atoms with Crippen LogP contribution in [0.1, 0.15) is 316 Å². The SMILES string of the molecule is CC/C=C\C/C=C\C/C=C\C/C=C\C/C=C\C/C=C\C/C=C\C/C=C\CCCCC(=O)OCC(COC(=O)CCCCCCC/C=C\CCCCCCCCC)OC(=O)CCCCCCCCCCCCCCCCCCCC. The van der Waals surface area contributed by atoms with E-state index < -0.39 is 6.10 Å². The van der Waals surface area contributed by atoms with Gasteiger partial charge in [0.05, 0.1) is 0 Å². The van der Waals surface area contributed by atoms with Gasteiger partial charge in [0.1, 0.15) is 13.2 Å². The highest BCUT2D eigenvalue weighted by atomic mass is 16.6. The molecule has 0 aromatic heterocycles. The Kier molecular flexibility index (Phi) is 63.3. The van der Waals surface area contributed by atoms with Crippen molar-refractivity contribution in [1.82, 2.24) is 0 Å². The standard InChI is InChI=1S/C73H124O6/c1-4-7-10-13-16-19-22-25-28-31-33-34-35-36-37-38-39-40-41-43-45-48-51-54-57-60-63-66-72(75)78-69-70(68-77-71(74)65-62-59-56-53-50-47-44-30-27-24-21-18-15-12-9-6-3)79-73(76)67-64-61-58-55-52-49-46-42-32-29-26-23-20-17-14-11-8-5-2/h7,10,16,19,25,28,30,33-34,36-37,39-40,43-45,51,54,70H,4-6,8-9,11-15,17-18,20-24,26-27,29,31-32,35,38,41-42,46-50,52-53,55-69H2,1-3H3/b10-7-,19-16-,28-25-,34-33-,37-36-,40-39-,44-30-,45-43-,54-51-. The van der Waals surface area contributed by atoms with Crippen LogP contribution in [0.5, 0.6) is 0 Å². The zero-order chi connectivity index (χ0) is 57.1. The first-order chi connectivity index (χ1) is 39.0. The Bertz CT molecular complexity index is 1590. The van der Waals surface area contributed by atoms with E-state index in [0.29, 0.717) is 19.3 Å². The number of hydrogen-bond donors (Lipinski definition) is 0. The second-order valence-corrected chi connectivity index (χ2v) is 22.0. The topological polar surface area (TPSA) is 78.9 Å². The molecule has 0 N–H and O–H groups in total. The van der Waals surface area contributed by atoms with Gasteiger partial charge >= 0.3 is 17.9 Å². The fourth-order valence-electron chi connectivity index (χ4n) is 9.28. The lowest BCUT2D eigenvalue weighted by molar-refractivity contribution is -0.167. The van der Waals surface area contributed by atoms with E-state index in [4.69, 9.17) is 14.2 Å². The molecule has 0 spiro atoms. The van der Waals surface area contributed by atoms with Gasteiger partial charge in [-0.1, -0.05) is 297 Å². The lowest BCUT2D eigenvalue weighted by atomic mass is 10.0. The first-order valence-electron chi connectivity index (χ1n) is 33.4. The molecule has 452 valence electrons. The van der Waals surface area contributed by atoms with Gasteiger partial charge in [-0.25, -0.2) is 0 Å². The van der Waals surface area contributed by atoms with Gasteiger partial charge in [0.15, 0.2) is 6.10 Å². The molecule has 0 amide bonds. The Morgan fingerprint density at radius 1 is 0.266 bits per heavy atom. The van der Waals surface area contributed by atoms with Crippen LogP contribution in [0, 0.1) is 0 Å². The molecule has 6 nitrogen and oxygen atoms in total. The van der Waals surface area contributed by atoms with Crippen LogP contribution in [-0.4, -0.2) is 37.2 Å². The minimum Gasteiger partial charge on any atom is -0.462 e. The molecule has 0 aromatic rings. The fraction of sp³-hybridized carbons (Fsp3) is 0.712. The number of rotatable bonds is 60. The van der Waals surface area contributed by atoms with Crippen LogP contribution in [-0.2, 0) is 28.6 Å². The molecule has 0 radical (unpaired) electrons. The van der Waals surface area contributed by atoms with Gasteiger partial charge in [0.2, 0.25) is 0 Å². The van der Waals surface area contributed by atoms with Crippen molar-refractivity contribution in [3.05, 3.63) is 109 Å². The summed E-state index contributed by atoms with van der Waals surface area (Å²) in [7, 11) is 0. The summed E-state index contributed by atoms with van der Waals surface area (Å²) in [6, 6.07) is 0. The molecule has 0 heterocycles. The highest BCUT2D eigenvalue weighted by Crippen LogP contribution is 2.16. The number of allylic oxidation sites excluding steroid dienone is 18. The molecule has 0 saturated carbocycles. The van der Waals surface area contributed by atoms with Crippen molar-refractivity contribution in [1.29, 1.82) is 0 Å². The lowest BCUT2D eigenvalue weighted by Crippen LogP contribution is -2.30. The summed E-state index contributed by atoms with van der Waals surface area (Å²) in [6.45, 7) is 6.51. The molecular weight excluding hydrogens is 973 g/mol. The average Bonchev–Trinajstić information content (AvgIpc) is 3.45. The maximum Gasteiger partial charge on any atom is 0.306 e. The summed E-state index contributed by atoms with van der Waals surface area (Å²) in [5.41, 5.74) is 0. The molecule has 0 aliphatic rings. The van der Waals surface area contributed by atoms with Gasteiger partial charge in [-0.2, -0.15) is 0 Å². The minimum atomic E-state index is -0.801. The van der Waals surface area contributed by atoms with E-state index in [-0.39, 0.29) is 31.1 Å². The van der Waals surface area contributed by atoms with Crippen molar-refractivity contribution in [3.63, 3.8) is 0 Å². The predicted molar refractivity (Wildman–Crippen MR) is 343 cm³/mol. The van der Waals surface area contributed by atoms with E-state index >= 15 is 0 Å². The Balaban J connectivity index is 4.44. The van der Waals surface area contributed by atoms with Crippen LogP contribution in [0.25, 0.3) is 0 Å². The van der Waals surface area contributed by atoms with Gasteiger partial charge in [0.25, 0.3) is 0 Å². The number of carbonyl (C=O) groups is 3. The molecule has 1 unspecified atom stereocenters. The van der Waals surface area contributed by atoms with E-state index in [9.17, 15) is 14.4 Å². The number of ether oxygens (including phenoxy) is 3. The first kappa shape index (κ1) is 75.1. The monoisotopic (exact) mass is 1100 g/mol. The molecule has 0 aromatic carbocycles. The Morgan fingerprint density at radius 3 is 0.810 bits per heavy atom. The molecule has 0 aliphatic carbocycles. The van der Waals surface area contributed by atoms with Crippen LogP contribution >= 0.6 is 0 Å². The molecule has 0 aliphatic heterocycles. The third-order valence-electron chi connectivity index (χ3n) is 14.3. The van der Waals surface area contributed by atoms with Crippen molar-refractivity contribution in [2.24, 2.45) is 0 Å². The summed E-state index contributed by atoms with van der Waals surface area (Å²) < 4.78 is 16.9. The van der Waals surface area contributed by atoms with Crippen LogP contribution in [0.4, 0.5) is 0 Å². The van der Waals surface area contributed by atoms with Gasteiger partial charge < -0.3 is 14.2 Å². The van der Waals surface area contributed by atoms with Crippen molar-refractivity contribution in [3.8, 4) is 0 Å². The van der Waals surface area contributed by atoms with E-state index in [1.165, 1.54) is 161 Å². The third kappa shape index (κ3) is 64.8. The lowest BCUT2D eigenvalue weighted by Gasteiger charge is -2.18. The van der Waals surface area contributed by atoms with Crippen LogP contribution in [0.2, 0.25) is 0 Å². The van der Waals surface area contributed by atoms with Gasteiger partial charge in [-0.05, 0) is 109 Å². The van der Waals surface area contributed by atoms with E-state index in [1.54, 1.807) is 0 Å². The minimum absolute atomic E-state index is 0.0944. The normalized spacial score (nSPS) is 12.8. The molecule has 1 atom stereocenters. The predicted octanol–water partition coefficient (Wildman–Crippen LogP) is 23.0. The summed E-state index contributed by atoms with van der Waals surface area (Å²) >= 11 is 0. The average molecular weight is 1100 g/mol. The van der Waals surface area contributed by atoms with Crippen molar-refractivity contribution in [2.75, 3.05) is 13.2 Å². The largest absolute Gasteiger partial charge is 0.462 e. The van der Waals surface area contributed by atoms with Crippen LogP contribution < -0.4 is 0 Å². The quantitative estimate of drug-likeness (QED) is 0.0261. The zero-order valence-corrected chi connectivity index (χ0v) is 51.9. The number of hydrogen-bond acceptors (Lipinski definition) is 6. The molecule has 0 rings (SSSR count). The van der Waals surface area contributed by atoms with Crippen LogP contribution in [0.3, 0.4) is 0 Å². The first-order valence-corrected chi connectivity index (χ1v) is 33.4.